The molecule has 0 bridgehead atoms. The molecule has 1 N–H and O–H groups in total. The molecule has 1 aromatic heterocycles. The Hall–Kier alpha value is -0.0700. The first-order valence-electron chi connectivity index (χ1n) is 7.00. The van der Waals surface area contributed by atoms with Crippen molar-refractivity contribution in [3.8, 4) is 0 Å². The van der Waals surface area contributed by atoms with Crippen molar-refractivity contribution in [2.45, 2.75) is 38.6 Å². The number of hydrogen-bond acceptors (Lipinski definition) is 2. The van der Waals surface area contributed by atoms with Crippen LogP contribution in [-0.2, 0) is 12.8 Å². The van der Waals surface area contributed by atoms with Gasteiger partial charge in [0.05, 0.1) is 8.93 Å². The van der Waals surface area contributed by atoms with Crippen molar-refractivity contribution in [1.29, 1.82) is 0 Å². The number of anilines is 1. The van der Waals surface area contributed by atoms with Gasteiger partial charge in [-0.2, -0.15) is 0 Å². The predicted molar refractivity (Wildman–Crippen MR) is 99.9 cm³/mol. The van der Waals surface area contributed by atoms with Crippen LogP contribution in [0.25, 0.3) is 0 Å². The molecule has 1 aliphatic rings. The minimum Gasteiger partial charge on any atom is -0.378 e. The van der Waals surface area contributed by atoms with E-state index in [1.807, 2.05) is 11.3 Å². The number of nitrogens with one attached hydrogen (secondary N) is 1. The summed E-state index contributed by atoms with van der Waals surface area (Å²) < 4.78 is 2.57. The molecular formula is C16H17BrINS. The summed E-state index contributed by atoms with van der Waals surface area (Å²) in [5, 5.41) is 3.78. The first-order chi connectivity index (χ1) is 9.67. The van der Waals surface area contributed by atoms with E-state index in [0.29, 0.717) is 6.04 Å². The van der Waals surface area contributed by atoms with Crippen LogP contribution in [0, 0.1) is 2.88 Å². The third kappa shape index (κ3) is 3.07. The summed E-state index contributed by atoms with van der Waals surface area (Å²) in [6, 6.07) is 9.40. The lowest BCUT2D eigenvalue weighted by molar-refractivity contribution is 0.608. The highest BCUT2D eigenvalue weighted by Gasteiger charge is 2.23. The summed E-state index contributed by atoms with van der Waals surface area (Å²) in [7, 11) is 0. The zero-order valence-electron chi connectivity index (χ0n) is 11.4. The molecule has 0 aliphatic heterocycles. The number of aryl methyl sites for hydroxylation is 2. The van der Waals surface area contributed by atoms with Crippen molar-refractivity contribution in [2.24, 2.45) is 0 Å². The van der Waals surface area contributed by atoms with Gasteiger partial charge in [0.2, 0.25) is 0 Å². The second-order valence-corrected chi connectivity index (χ2v) is 9.12. The summed E-state index contributed by atoms with van der Waals surface area (Å²) in [4.78, 5) is 1.58. The summed E-state index contributed by atoms with van der Waals surface area (Å²) in [6.07, 6.45) is 4.84. The van der Waals surface area contributed by atoms with E-state index in [9.17, 15) is 0 Å². The van der Waals surface area contributed by atoms with Gasteiger partial charge in [-0.05, 0) is 83.7 Å². The Kier molecular flexibility index (Phi) is 4.72. The van der Waals surface area contributed by atoms with Crippen LogP contribution >= 0.6 is 49.9 Å². The largest absolute Gasteiger partial charge is 0.378 e. The third-order valence-electron chi connectivity index (χ3n) is 3.86. The Morgan fingerprint density at radius 2 is 2.25 bits per heavy atom. The first-order valence-corrected chi connectivity index (χ1v) is 9.69. The molecular weight excluding hydrogens is 445 g/mol. The minimum absolute atomic E-state index is 0.477. The lowest BCUT2D eigenvalue weighted by Crippen LogP contribution is -2.16. The zero-order chi connectivity index (χ0) is 14.1. The fraction of sp³-hybridized carbons (Fsp3) is 0.375. The third-order valence-corrected chi connectivity index (χ3v) is 6.33. The molecule has 1 atom stereocenters. The fourth-order valence-electron chi connectivity index (χ4n) is 2.85. The molecule has 1 heterocycles. The SMILES string of the molecule is CCc1cc(Br)ccc1NC1CCCc2sc(I)cc21. The lowest BCUT2D eigenvalue weighted by atomic mass is 9.93. The van der Waals surface area contributed by atoms with Gasteiger partial charge < -0.3 is 5.32 Å². The van der Waals surface area contributed by atoms with Crippen LogP contribution in [0.4, 0.5) is 5.69 Å². The molecule has 1 unspecified atom stereocenters. The molecule has 1 aromatic carbocycles. The average molecular weight is 462 g/mol. The first kappa shape index (κ1) is 14.9. The van der Waals surface area contributed by atoms with Crippen molar-refractivity contribution >= 4 is 55.5 Å². The molecule has 2 aromatic rings. The highest BCUT2D eigenvalue weighted by molar-refractivity contribution is 14.1. The molecule has 0 fully saturated rings. The number of thiophene rings is 1. The van der Waals surface area contributed by atoms with Crippen LogP contribution < -0.4 is 5.32 Å². The number of rotatable bonds is 3. The van der Waals surface area contributed by atoms with Gasteiger partial charge >= 0.3 is 0 Å². The standard InChI is InChI=1S/C16H17BrINS/c1-2-10-8-11(17)6-7-13(10)19-14-4-3-5-15-12(14)9-16(18)20-15/h6-9,14,19H,2-5H2,1H3. The Balaban J connectivity index is 1.89. The van der Waals surface area contributed by atoms with Crippen LogP contribution in [0.2, 0.25) is 0 Å². The van der Waals surface area contributed by atoms with Crippen LogP contribution in [0.5, 0.6) is 0 Å². The van der Waals surface area contributed by atoms with E-state index in [1.165, 1.54) is 39.0 Å². The van der Waals surface area contributed by atoms with E-state index in [2.05, 4.69) is 75.0 Å². The molecule has 1 aliphatic carbocycles. The molecule has 0 saturated heterocycles. The number of halogens is 2. The molecule has 0 radical (unpaired) electrons. The van der Waals surface area contributed by atoms with Crippen LogP contribution in [0.3, 0.4) is 0 Å². The van der Waals surface area contributed by atoms with E-state index in [-0.39, 0.29) is 0 Å². The maximum absolute atomic E-state index is 3.78. The summed E-state index contributed by atoms with van der Waals surface area (Å²) in [6.45, 7) is 2.22. The second-order valence-electron chi connectivity index (χ2n) is 5.17. The molecule has 20 heavy (non-hydrogen) atoms. The van der Waals surface area contributed by atoms with Crippen molar-refractivity contribution in [3.05, 3.63) is 47.6 Å². The van der Waals surface area contributed by atoms with Gasteiger partial charge in [0.25, 0.3) is 0 Å². The van der Waals surface area contributed by atoms with Gasteiger partial charge in [-0.1, -0.05) is 22.9 Å². The molecule has 3 rings (SSSR count). The van der Waals surface area contributed by atoms with Gasteiger partial charge in [0.1, 0.15) is 0 Å². The van der Waals surface area contributed by atoms with E-state index < -0.39 is 0 Å². The summed E-state index contributed by atoms with van der Waals surface area (Å²) in [5.41, 5.74) is 4.20. The predicted octanol–water partition coefficient (Wildman–Crippen LogP) is 6.17. The molecule has 106 valence electrons. The van der Waals surface area contributed by atoms with E-state index in [0.717, 1.165) is 10.9 Å². The Morgan fingerprint density at radius 1 is 1.40 bits per heavy atom. The lowest BCUT2D eigenvalue weighted by Gasteiger charge is -2.26. The maximum atomic E-state index is 3.78. The second kappa shape index (κ2) is 6.36. The number of benzene rings is 1. The number of hydrogen-bond donors (Lipinski definition) is 1. The smallest absolute Gasteiger partial charge is 0.0660 e. The van der Waals surface area contributed by atoms with Crippen molar-refractivity contribution in [1.82, 2.24) is 0 Å². The normalized spacial score (nSPS) is 17.9. The summed E-state index contributed by atoms with van der Waals surface area (Å²) in [5.74, 6) is 0. The molecule has 4 heteroatoms. The zero-order valence-corrected chi connectivity index (χ0v) is 15.9. The average Bonchev–Trinajstić information content (AvgIpc) is 2.82. The van der Waals surface area contributed by atoms with Gasteiger partial charge in [-0.15, -0.1) is 11.3 Å². The Morgan fingerprint density at radius 3 is 3.05 bits per heavy atom. The monoisotopic (exact) mass is 461 g/mol. The maximum Gasteiger partial charge on any atom is 0.0660 e. The fourth-order valence-corrected chi connectivity index (χ4v) is 5.38. The Labute approximate surface area is 146 Å². The van der Waals surface area contributed by atoms with Gasteiger partial charge in [0, 0.05) is 15.0 Å². The molecule has 0 saturated carbocycles. The highest BCUT2D eigenvalue weighted by Crippen LogP contribution is 2.38. The van der Waals surface area contributed by atoms with Crippen LogP contribution in [-0.4, -0.2) is 0 Å². The summed E-state index contributed by atoms with van der Waals surface area (Å²) >= 11 is 7.97. The minimum atomic E-state index is 0.477. The van der Waals surface area contributed by atoms with Gasteiger partial charge in [-0.25, -0.2) is 0 Å². The molecule has 1 nitrogen and oxygen atoms in total. The van der Waals surface area contributed by atoms with Crippen molar-refractivity contribution in [2.75, 3.05) is 5.32 Å². The van der Waals surface area contributed by atoms with E-state index in [4.69, 9.17) is 0 Å². The highest BCUT2D eigenvalue weighted by atomic mass is 127. The van der Waals surface area contributed by atoms with Crippen LogP contribution in [0.1, 0.15) is 41.8 Å². The quantitative estimate of drug-likeness (QED) is 0.539. The van der Waals surface area contributed by atoms with Crippen molar-refractivity contribution < 1.29 is 0 Å². The van der Waals surface area contributed by atoms with E-state index >= 15 is 0 Å². The molecule has 0 spiro atoms. The van der Waals surface area contributed by atoms with Gasteiger partial charge in [0.15, 0.2) is 0 Å². The van der Waals surface area contributed by atoms with Crippen LogP contribution in [0.15, 0.2) is 28.7 Å². The van der Waals surface area contributed by atoms with Crippen molar-refractivity contribution in [3.63, 3.8) is 0 Å². The Bertz CT molecular complexity index is 623. The molecule has 0 amide bonds. The van der Waals surface area contributed by atoms with Gasteiger partial charge in [-0.3, -0.25) is 0 Å². The number of fused-ring (bicyclic) bond motifs is 1. The van der Waals surface area contributed by atoms with E-state index in [1.54, 1.807) is 4.88 Å². The topological polar surface area (TPSA) is 12.0 Å².